The van der Waals surface area contributed by atoms with Gasteiger partial charge >= 0.3 is 0 Å². The van der Waals surface area contributed by atoms with Gasteiger partial charge in [0.1, 0.15) is 6.61 Å². The minimum Gasteiger partial charge on any atom is -0.471 e. The van der Waals surface area contributed by atoms with Crippen molar-refractivity contribution in [3.8, 4) is 5.88 Å². The second-order valence-electron chi connectivity index (χ2n) is 4.35. The van der Waals surface area contributed by atoms with Crippen molar-refractivity contribution in [3.05, 3.63) is 40.8 Å². The third-order valence-electron chi connectivity index (χ3n) is 2.69. The van der Waals surface area contributed by atoms with Gasteiger partial charge < -0.3 is 10.1 Å². The predicted molar refractivity (Wildman–Crippen MR) is 82.1 cm³/mol. The molecule has 2 aromatic rings. The van der Waals surface area contributed by atoms with E-state index in [0.717, 1.165) is 5.56 Å². The number of benzene rings is 1. The first-order chi connectivity index (χ1) is 10.6. The fourth-order valence-electron chi connectivity index (χ4n) is 1.73. The van der Waals surface area contributed by atoms with E-state index < -0.39 is 0 Å². The molecule has 0 saturated carbocycles. The Morgan fingerprint density at radius 2 is 2.00 bits per heavy atom. The van der Waals surface area contributed by atoms with Crippen LogP contribution in [0.15, 0.2) is 35.5 Å². The summed E-state index contributed by atoms with van der Waals surface area (Å²) in [5, 5.41) is 8.07. The van der Waals surface area contributed by atoms with Gasteiger partial charge in [-0.15, -0.1) is 4.91 Å². The van der Waals surface area contributed by atoms with Crippen molar-refractivity contribution in [2.24, 2.45) is 5.18 Å². The lowest BCUT2D eigenvalue weighted by molar-refractivity contribution is -0.114. The largest absolute Gasteiger partial charge is 0.471 e. The Bertz CT molecular complexity index is 676. The fourth-order valence-corrected chi connectivity index (χ4v) is 1.73. The Hall–Kier alpha value is -3.03. The molecule has 1 amide bonds. The third kappa shape index (κ3) is 3.75. The Morgan fingerprint density at radius 1 is 1.27 bits per heavy atom. The Morgan fingerprint density at radius 3 is 2.59 bits per heavy atom. The number of nitrogens with one attached hydrogen (secondary N) is 2. The normalized spacial score (nSPS) is 9.91. The predicted octanol–water partition coefficient (Wildman–Crippen LogP) is 2.45. The van der Waals surface area contributed by atoms with Gasteiger partial charge in [-0.05, 0) is 10.7 Å². The lowest BCUT2D eigenvalue weighted by Gasteiger charge is -2.11. The van der Waals surface area contributed by atoms with Crippen LogP contribution in [0.5, 0.6) is 5.88 Å². The summed E-state index contributed by atoms with van der Waals surface area (Å²) in [6.07, 6.45) is 0. The summed E-state index contributed by atoms with van der Waals surface area (Å²) in [7, 11) is 1.58. The maximum Gasteiger partial charge on any atom is 0.251 e. The Labute approximate surface area is 126 Å². The summed E-state index contributed by atoms with van der Waals surface area (Å²) in [4.78, 5) is 30.1. The van der Waals surface area contributed by atoms with Gasteiger partial charge in [0.15, 0.2) is 5.82 Å². The molecular formula is C14H15N5O3. The van der Waals surface area contributed by atoms with E-state index in [1.54, 1.807) is 7.05 Å². The Kier molecular flexibility index (Phi) is 4.97. The number of anilines is 2. The quantitative estimate of drug-likeness (QED) is 0.794. The first kappa shape index (κ1) is 15.4. The maximum atomic E-state index is 11.1. The van der Waals surface area contributed by atoms with Gasteiger partial charge in [-0.2, -0.15) is 9.97 Å². The van der Waals surface area contributed by atoms with E-state index in [1.807, 2.05) is 30.3 Å². The summed E-state index contributed by atoms with van der Waals surface area (Å²) in [6, 6.07) is 9.39. The number of nitroso groups, excluding NO2 is 1. The van der Waals surface area contributed by atoms with Crippen molar-refractivity contribution in [1.29, 1.82) is 0 Å². The SMILES string of the molecule is CNc1nc(NC(C)=O)nc(OCc2ccccc2)c1N=O. The summed E-state index contributed by atoms with van der Waals surface area (Å²) in [5.41, 5.74) is 0.859. The van der Waals surface area contributed by atoms with Crippen LogP contribution in [0, 0.1) is 4.91 Å². The highest BCUT2D eigenvalue weighted by molar-refractivity contribution is 5.87. The van der Waals surface area contributed by atoms with Crippen LogP contribution in [0.3, 0.4) is 0 Å². The first-order valence-corrected chi connectivity index (χ1v) is 6.51. The third-order valence-corrected chi connectivity index (χ3v) is 2.69. The highest BCUT2D eigenvalue weighted by Crippen LogP contribution is 2.33. The van der Waals surface area contributed by atoms with Gasteiger partial charge in [-0.1, -0.05) is 30.3 Å². The van der Waals surface area contributed by atoms with Crippen LogP contribution < -0.4 is 15.4 Å². The van der Waals surface area contributed by atoms with Crippen molar-refractivity contribution in [3.63, 3.8) is 0 Å². The topological polar surface area (TPSA) is 106 Å². The number of amides is 1. The molecule has 2 rings (SSSR count). The number of rotatable bonds is 6. The average Bonchev–Trinajstić information content (AvgIpc) is 2.52. The van der Waals surface area contributed by atoms with Gasteiger partial charge in [0.2, 0.25) is 17.5 Å². The zero-order valence-corrected chi connectivity index (χ0v) is 12.2. The number of aromatic nitrogens is 2. The second kappa shape index (κ2) is 7.11. The number of carbonyl (C=O) groups is 1. The zero-order valence-electron chi connectivity index (χ0n) is 12.2. The molecule has 2 N–H and O–H groups in total. The van der Waals surface area contributed by atoms with E-state index in [1.165, 1.54) is 6.92 Å². The van der Waals surface area contributed by atoms with E-state index >= 15 is 0 Å². The highest BCUT2D eigenvalue weighted by Gasteiger charge is 2.17. The highest BCUT2D eigenvalue weighted by atomic mass is 16.5. The summed E-state index contributed by atoms with van der Waals surface area (Å²) < 4.78 is 5.54. The van der Waals surface area contributed by atoms with Crippen molar-refractivity contribution in [2.75, 3.05) is 17.7 Å². The van der Waals surface area contributed by atoms with Crippen molar-refractivity contribution in [2.45, 2.75) is 13.5 Å². The van der Waals surface area contributed by atoms with E-state index in [0.29, 0.717) is 0 Å². The first-order valence-electron chi connectivity index (χ1n) is 6.51. The van der Waals surface area contributed by atoms with Gasteiger partial charge in [0.05, 0.1) is 0 Å². The van der Waals surface area contributed by atoms with Crippen molar-refractivity contribution < 1.29 is 9.53 Å². The number of hydrogen-bond donors (Lipinski definition) is 2. The molecule has 0 aliphatic carbocycles. The molecule has 8 heteroatoms. The molecule has 0 aliphatic heterocycles. The molecule has 1 heterocycles. The minimum absolute atomic E-state index is 0.00181. The monoisotopic (exact) mass is 301 g/mol. The zero-order chi connectivity index (χ0) is 15.9. The molecule has 0 fully saturated rings. The molecule has 0 aliphatic rings. The van der Waals surface area contributed by atoms with Gasteiger partial charge in [-0.3, -0.25) is 10.1 Å². The molecule has 0 radical (unpaired) electrons. The van der Waals surface area contributed by atoms with Gasteiger partial charge in [-0.25, -0.2) is 0 Å². The molecule has 114 valence electrons. The lowest BCUT2D eigenvalue weighted by atomic mass is 10.2. The molecule has 1 aromatic carbocycles. The number of ether oxygens (including phenoxy) is 1. The number of hydrogen-bond acceptors (Lipinski definition) is 7. The van der Waals surface area contributed by atoms with Gasteiger partial charge in [0.25, 0.3) is 5.88 Å². The van der Waals surface area contributed by atoms with E-state index in [4.69, 9.17) is 4.74 Å². The molecule has 22 heavy (non-hydrogen) atoms. The van der Waals surface area contributed by atoms with Crippen LogP contribution in [-0.4, -0.2) is 22.9 Å². The molecule has 0 atom stereocenters. The summed E-state index contributed by atoms with van der Waals surface area (Å²) >= 11 is 0. The smallest absolute Gasteiger partial charge is 0.251 e. The van der Waals surface area contributed by atoms with Crippen molar-refractivity contribution in [1.82, 2.24) is 9.97 Å². The molecular weight excluding hydrogens is 286 g/mol. The van der Waals surface area contributed by atoms with Crippen LogP contribution >= 0.6 is 0 Å². The molecule has 1 aromatic heterocycles. The summed E-state index contributed by atoms with van der Waals surface area (Å²) in [6.45, 7) is 1.54. The molecule has 8 nitrogen and oxygen atoms in total. The molecule has 0 saturated heterocycles. The minimum atomic E-state index is -0.331. The van der Waals surface area contributed by atoms with E-state index in [2.05, 4.69) is 25.8 Å². The lowest BCUT2D eigenvalue weighted by Crippen LogP contribution is -2.11. The van der Waals surface area contributed by atoms with Crippen LogP contribution in [-0.2, 0) is 11.4 Å². The van der Waals surface area contributed by atoms with Crippen LogP contribution in [0.1, 0.15) is 12.5 Å². The van der Waals surface area contributed by atoms with E-state index in [9.17, 15) is 9.70 Å². The number of carbonyl (C=O) groups excluding carboxylic acids is 1. The molecule has 0 bridgehead atoms. The fraction of sp³-hybridized carbons (Fsp3) is 0.214. The van der Waals surface area contributed by atoms with Crippen LogP contribution in [0.4, 0.5) is 17.5 Å². The number of nitrogens with zero attached hydrogens (tertiary/aromatic N) is 3. The van der Waals surface area contributed by atoms with E-state index in [-0.39, 0.29) is 35.8 Å². The molecule has 0 spiro atoms. The standard InChI is InChI=1S/C14H15N5O3/c1-9(20)16-14-17-12(15-2)11(19-21)13(18-14)22-8-10-6-4-3-5-7-10/h3-7H,8H2,1-2H3,(H2,15,16,17,18,20). The average molecular weight is 301 g/mol. The second-order valence-corrected chi connectivity index (χ2v) is 4.35. The van der Waals surface area contributed by atoms with Crippen molar-refractivity contribution >= 4 is 23.4 Å². The van der Waals surface area contributed by atoms with Gasteiger partial charge in [0, 0.05) is 14.0 Å². The summed E-state index contributed by atoms with van der Waals surface area (Å²) in [5.74, 6) is -0.117. The maximum absolute atomic E-state index is 11.1. The Balaban J connectivity index is 2.30. The molecule has 0 unspecified atom stereocenters. The van der Waals surface area contributed by atoms with Crippen LogP contribution in [0.25, 0.3) is 0 Å². The van der Waals surface area contributed by atoms with Crippen LogP contribution in [0.2, 0.25) is 0 Å².